The molecule has 0 radical (unpaired) electrons. The third kappa shape index (κ3) is 3.01. The summed E-state index contributed by atoms with van der Waals surface area (Å²) >= 11 is 0. The third-order valence-electron chi connectivity index (χ3n) is 3.40. The normalized spacial score (nSPS) is 21.7. The van der Waals surface area contributed by atoms with Crippen LogP contribution in [0.25, 0.3) is 0 Å². The summed E-state index contributed by atoms with van der Waals surface area (Å²) in [7, 11) is 1.66. The van der Waals surface area contributed by atoms with E-state index in [-0.39, 0.29) is 5.92 Å². The molecule has 0 amide bonds. The summed E-state index contributed by atoms with van der Waals surface area (Å²) in [6.07, 6.45) is 0.799. The van der Waals surface area contributed by atoms with Gasteiger partial charge in [-0.3, -0.25) is 4.79 Å². The molecule has 2 N–H and O–H groups in total. The molecule has 4 nitrogen and oxygen atoms in total. The fourth-order valence-corrected chi connectivity index (χ4v) is 2.21. The number of carbonyl (C=O) groups is 1. The van der Waals surface area contributed by atoms with Gasteiger partial charge in [0.15, 0.2) is 0 Å². The molecule has 2 unspecified atom stereocenters. The van der Waals surface area contributed by atoms with E-state index in [1.165, 1.54) is 5.56 Å². The number of carboxylic acid groups (broad SMARTS) is 1. The summed E-state index contributed by atoms with van der Waals surface area (Å²) in [6, 6.07) is 6.07. The standard InChI is InChI=1S/C14H19NO3/c1-9-3-4-13(18-2)11(5-9)8-15-7-10-6-12(10)14(16)17/h3-5,10,12,15H,6-8H2,1-2H3,(H,16,17). The lowest BCUT2D eigenvalue weighted by atomic mass is 10.1. The molecule has 0 spiro atoms. The summed E-state index contributed by atoms with van der Waals surface area (Å²) in [5, 5.41) is 12.1. The molecule has 2 atom stereocenters. The van der Waals surface area contributed by atoms with Gasteiger partial charge in [-0.25, -0.2) is 0 Å². The van der Waals surface area contributed by atoms with Crippen molar-refractivity contribution in [3.8, 4) is 5.75 Å². The Balaban J connectivity index is 1.83. The van der Waals surface area contributed by atoms with Gasteiger partial charge in [-0.05, 0) is 31.9 Å². The van der Waals surface area contributed by atoms with Gasteiger partial charge in [0, 0.05) is 12.1 Å². The maximum atomic E-state index is 10.7. The highest BCUT2D eigenvalue weighted by molar-refractivity contribution is 5.73. The summed E-state index contributed by atoms with van der Waals surface area (Å²) < 4.78 is 5.30. The highest BCUT2D eigenvalue weighted by Crippen LogP contribution is 2.37. The smallest absolute Gasteiger partial charge is 0.306 e. The number of aryl methyl sites for hydroxylation is 1. The minimum Gasteiger partial charge on any atom is -0.496 e. The molecule has 2 rings (SSSR count). The van der Waals surface area contributed by atoms with Crippen molar-refractivity contribution in [3.05, 3.63) is 29.3 Å². The van der Waals surface area contributed by atoms with Gasteiger partial charge < -0.3 is 15.2 Å². The monoisotopic (exact) mass is 249 g/mol. The number of hydrogen-bond acceptors (Lipinski definition) is 3. The Kier molecular flexibility index (Phi) is 3.87. The van der Waals surface area contributed by atoms with Gasteiger partial charge in [0.1, 0.15) is 5.75 Å². The van der Waals surface area contributed by atoms with Crippen molar-refractivity contribution >= 4 is 5.97 Å². The van der Waals surface area contributed by atoms with Crippen LogP contribution in [0.2, 0.25) is 0 Å². The Morgan fingerprint density at radius 3 is 2.94 bits per heavy atom. The fraction of sp³-hybridized carbons (Fsp3) is 0.500. The van der Waals surface area contributed by atoms with E-state index >= 15 is 0 Å². The maximum Gasteiger partial charge on any atom is 0.306 e. The molecular weight excluding hydrogens is 230 g/mol. The van der Waals surface area contributed by atoms with Crippen LogP contribution in [0, 0.1) is 18.8 Å². The van der Waals surface area contributed by atoms with Crippen LogP contribution >= 0.6 is 0 Å². The lowest BCUT2D eigenvalue weighted by molar-refractivity contribution is -0.138. The van der Waals surface area contributed by atoms with Crippen molar-refractivity contribution < 1.29 is 14.6 Å². The van der Waals surface area contributed by atoms with Crippen LogP contribution in [-0.2, 0) is 11.3 Å². The first kappa shape index (κ1) is 12.9. The van der Waals surface area contributed by atoms with Crippen molar-refractivity contribution in [2.45, 2.75) is 19.9 Å². The van der Waals surface area contributed by atoms with Crippen LogP contribution in [0.5, 0.6) is 5.75 Å². The summed E-state index contributed by atoms with van der Waals surface area (Å²) in [6.45, 7) is 3.52. The highest BCUT2D eigenvalue weighted by Gasteiger charge is 2.42. The van der Waals surface area contributed by atoms with E-state index < -0.39 is 5.97 Å². The summed E-state index contributed by atoms with van der Waals surface area (Å²) in [5.41, 5.74) is 2.31. The Morgan fingerprint density at radius 1 is 1.56 bits per heavy atom. The van der Waals surface area contributed by atoms with E-state index in [0.717, 1.165) is 24.3 Å². The van der Waals surface area contributed by atoms with E-state index in [9.17, 15) is 4.79 Å². The molecule has 4 heteroatoms. The van der Waals surface area contributed by atoms with Crippen LogP contribution in [0.4, 0.5) is 0 Å². The van der Waals surface area contributed by atoms with Crippen LogP contribution in [0.3, 0.4) is 0 Å². The zero-order valence-corrected chi connectivity index (χ0v) is 10.8. The zero-order valence-electron chi connectivity index (χ0n) is 10.8. The van der Waals surface area contributed by atoms with Gasteiger partial charge in [0.05, 0.1) is 13.0 Å². The first-order valence-electron chi connectivity index (χ1n) is 6.19. The van der Waals surface area contributed by atoms with E-state index in [2.05, 4.69) is 11.4 Å². The number of benzene rings is 1. The molecule has 1 fully saturated rings. The molecule has 0 heterocycles. The second kappa shape index (κ2) is 5.40. The predicted molar refractivity (Wildman–Crippen MR) is 68.7 cm³/mol. The molecule has 1 saturated carbocycles. The Bertz CT molecular complexity index is 445. The largest absolute Gasteiger partial charge is 0.496 e. The minimum atomic E-state index is -0.671. The van der Waals surface area contributed by atoms with E-state index in [1.54, 1.807) is 7.11 Å². The van der Waals surface area contributed by atoms with Crippen LogP contribution in [0.1, 0.15) is 17.5 Å². The van der Waals surface area contributed by atoms with Gasteiger partial charge in [-0.15, -0.1) is 0 Å². The molecule has 98 valence electrons. The number of aliphatic carboxylic acids is 1. The number of rotatable bonds is 6. The lowest BCUT2D eigenvalue weighted by Gasteiger charge is -2.10. The SMILES string of the molecule is COc1ccc(C)cc1CNCC1CC1C(=O)O. The quantitative estimate of drug-likeness (QED) is 0.807. The average Bonchev–Trinajstić information content (AvgIpc) is 3.09. The molecule has 1 aliphatic rings. The van der Waals surface area contributed by atoms with Crippen molar-refractivity contribution in [2.75, 3.05) is 13.7 Å². The van der Waals surface area contributed by atoms with Crippen molar-refractivity contribution in [3.63, 3.8) is 0 Å². The molecule has 0 aliphatic heterocycles. The molecule has 0 saturated heterocycles. The van der Waals surface area contributed by atoms with Gasteiger partial charge >= 0.3 is 5.97 Å². The van der Waals surface area contributed by atoms with Crippen LogP contribution in [-0.4, -0.2) is 24.7 Å². The maximum absolute atomic E-state index is 10.7. The first-order valence-corrected chi connectivity index (χ1v) is 6.19. The van der Waals surface area contributed by atoms with E-state index in [1.807, 2.05) is 19.1 Å². The zero-order chi connectivity index (χ0) is 13.1. The fourth-order valence-electron chi connectivity index (χ4n) is 2.21. The van der Waals surface area contributed by atoms with Gasteiger partial charge in [-0.2, -0.15) is 0 Å². The van der Waals surface area contributed by atoms with Crippen LogP contribution < -0.4 is 10.1 Å². The number of hydrogen-bond donors (Lipinski definition) is 2. The van der Waals surface area contributed by atoms with Gasteiger partial charge in [-0.1, -0.05) is 17.7 Å². The number of ether oxygens (including phenoxy) is 1. The minimum absolute atomic E-state index is 0.142. The third-order valence-corrected chi connectivity index (χ3v) is 3.40. The Labute approximate surface area is 107 Å². The second-order valence-corrected chi connectivity index (χ2v) is 4.89. The predicted octanol–water partition coefficient (Wildman–Crippen LogP) is 1.81. The molecule has 18 heavy (non-hydrogen) atoms. The van der Waals surface area contributed by atoms with E-state index in [0.29, 0.717) is 12.5 Å². The molecular formula is C14H19NO3. The summed E-state index contributed by atoms with van der Waals surface area (Å²) in [4.78, 5) is 10.7. The number of carboxylic acids is 1. The van der Waals surface area contributed by atoms with Crippen LogP contribution in [0.15, 0.2) is 18.2 Å². The molecule has 0 bridgehead atoms. The van der Waals surface area contributed by atoms with Gasteiger partial charge in [0.25, 0.3) is 0 Å². The van der Waals surface area contributed by atoms with Crippen molar-refractivity contribution in [1.29, 1.82) is 0 Å². The number of methoxy groups -OCH3 is 1. The summed E-state index contributed by atoms with van der Waals surface area (Å²) in [5.74, 6) is 0.351. The van der Waals surface area contributed by atoms with Gasteiger partial charge in [0.2, 0.25) is 0 Å². The van der Waals surface area contributed by atoms with Crippen molar-refractivity contribution in [1.82, 2.24) is 5.32 Å². The van der Waals surface area contributed by atoms with E-state index in [4.69, 9.17) is 9.84 Å². The molecule has 0 aromatic heterocycles. The first-order chi connectivity index (χ1) is 8.61. The lowest BCUT2D eigenvalue weighted by Crippen LogP contribution is -2.18. The number of nitrogens with one attached hydrogen (secondary N) is 1. The molecule has 1 aromatic carbocycles. The topological polar surface area (TPSA) is 58.6 Å². The highest BCUT2D eigenvalue weighted by atomic mass is 16.5. The Hall–Kier alpha value is -1.55. The average molecular weight is 249 g/mol. The second-order valence-electron chi connectivity index (χ2n) is 4.89. The molecule has 1 aromatic rings. The van der Waals surface area contributed by atoms with Crippen molar-refractivity contribution in [2.24, 2.45) is 11.8 Å². The Morgan fingerprint density at radius 2 is 2.33 bits per heavy atom. The molecule has 1 aliphatic carbocycles.